The van der Waals surface area contributed by atoms with Crippen molar-refractivity contribution in [1.29, 1.82) is 0 Å². The van der Waals surface area contributed by atoms with Crippen LogP contribution in [-0.2, 0) is 4.79 Å². The van der Waals surface area contributed by atoms with Crippen LogP contribution in [0.2, 0.25) is 0 Å². The highest BCUT2D eigenvalue weighted by atomic mass is 19.1. The van der Waals surface area contributed by atoms with E-state index in [1.54, 1.807) is 31.1 Å². The van der Waals surface area contributed by atoms with Crippen molar-refractivity contribution in [1.82, 2.24) is 9.80 Å². The lowest BCUT2D eigenvalue weighted by atomic mass is 10.0. The van der Waals surface area contributed by atoms with E-state index in [1.807, 2.05) is 13.0 Å². The number of nitrogens with one attached hydrogen (secondary N) is 1. The quantitative estimate of drug-likeness (QED) is 0.923. The molecule has 0 aromatic heterocycles. The van der Waals surface area contributed by atoms with Crippen LogP contribution in [-0.4, -0.2) is 55.5 Å². The Morgan fingerprint density at radius 1 is 1.38 bits per heavy atom. The molecule has 2 rings (SSSR count). The summed E-state index contributed by atoms with van der Waals surface area (Å²) < 4.78 is 13.8. The molecule has 0 saturated carbocycles. The number of benzene rings is 1. The summed E-state index contributed by atoms with van der Waals surface area (Å²) in [6.45, 7) is 4.08. The van der Waals surface area contributed by atoms with Crippen molar-refractivity contribution >= 4 is 11.6 Å². The zero-order valence-electron chi connectivity index (χ0n) is 13.0. The van der Waals surface area contributed by atoms with Crippen LogP contribution in [0.25, 0.3) is 0 Å². The summed E-state index contributed by atoms with van der Waals surface area (Å²) in [5, 5.41) is 3.28. The second kappa shape index (κ2) is 6.89. The normalized spacial score (nSPS) is 16.8. The maximum Gasteiger partial charge on any atom is 0.236 e. The van der Waals surface area contributed by atoms with E-state index in [0.29, 0.717) is 12.2 Å². The van der Waals surface area contributed by atoms with Gasteiger partial charge in [0.1, 0.15) is 5.82 Å². The maximum atomic E-state index is 13.8. The lowest BCUT2D eigenvalue weighted by Crippen LogP contribution is -2.44. The summed E-state index contributed by atoms with van der Waals surface area (Å²) in [6.07, 6.45) is 1.85. The van der Waals surface area contributed by atoms with Crippen molar-refractivity contribution in [3.8, 4) is 0 Å². The Labute approximate surface area is 125 Å². The van der Waals surface area contributed by atoms with Crippen LogP contribution in [0.4, 0.5) is 10.1 Å². The summed E-state index contributed by atoms with van der Waals surface area (Å²) in [5.74, 6) is -0.0637. The summed E-state index contributed by atoms with van der Waals surface area (Å²) >= 11 is 0. The van der Waals surface area contributed by atoms with Gasteiger partial charge >= 0.3 is 0 Å². The van der Waals surface area contributed by atoms with E-state index in [4.69, 9.17) is 0 Å². The van der Waals surface area contributed by atoms with Crippen molar-refractivity contribution in [3.63, 3.8) is 0 Å². The number of halogens is 1. The topological polar surface area (TPSA) is 35.6 Å². The number of nitrogens with zero attached hydrogens (tertiary/aromatic N) is 2. The van der Waals surface area contributed by atoms with Gasteiger partial charge in [-0.15, -0.1) is 0 Å². The number of amides is 1. The second-order valence-electron chi connectivity index (χ2n) is 5.97. The molecule has 1 N–H and O–H groups in total. The molecule has 0 aliphatic carbocycles. The van der Waals surface area contributed by atoms with Crippen LogP contribution >= 0.6 is 0 Å². The SMILES string of the molecule is Cc1ccc(NC2CCN(CC(=O)N(C)C)CC2)c(F)c1. The van der Waals surface area contributed by atoms with Gasteiger partial charge in [0.25, 0.3) is 0 Å². The number of aryl methyl sites for hydroxylation is 1. The van der Waals surface area contributed by atoms with E-state index in [0.717, 1.165) is 31.5 Å². The molecule has 4 nitrogen and oxygen atoms in total. The first-order valence-corrected chi connectivity index (χ1v) is 7.41. The third-order valence-electron chi connectivity index (χ3n) is 3.93. The standard InChI is InChI=1S/C16H24FN3O/c1-12-4-5-15(14(17)10-12)18-13-6-8-20(9-7-13)11-16(21)19(2)3/h4-5,10,13,18H,6-9,11H2,1-3H3. The zero-order chi connectivity index (χ0) is 15.4. The molecule has 1 aliphatic heterocycles. The largest absolute Gasteiger partial charge is 0.380 e. The zero-order valence-corrected chi connectivity index (χ0v) is 13.0. The van der Waals surface area contributed by atoms with Crippen LogP contribution in [0.1, 0.15) is 18.4 Å². The van der Waals surface area contributed by atoms with Gasteiger partial charge in [0.2, 0.25) is 5.91 Å². The molecule has 116 valence electrons. The fourth-order valence-corrected chi connectivity index (χ4v) is 2.53. The number of likely N-dealkylation sites (tertiary alicyclic amines) is 1. The Bertz CT molecular complexity index is 496. The van der Waals surface area contributed by atoms with E-state index < -0.39 is 0 Å². The van der Waals surface area contributed by atoms with Crippen molar-refractivity contribution in [2.45, 2.75) is 25.8 Å². The van der Waals surface area contributed by atoms with Gasteiger partial charge in [-0.3, -0.25) is 9.69 Å². The van der Waals surface area contributed by atoms with Gasteiger partial charge < -0.3 is 10.2 Å². The minimum Gasteiger partial charge on any atom is -0.380 e. The molecule has 0 unspecified atom stereocenters. The maximum absolute atomic E-state index is 13.8. The minimum atomic E-state index is -0.194. The highest BCUT2D eigenvalue weighted by Crippen LogP contribution is 2.20. The molecule has 1 aromatic rings. The van der Waals surface area contributed by atoms with Gasteiger partial charge in [-0.05, 0) is 37.5 Å². The first kappa shape index (κ1) is 15.8. The summed E-state index contributed by atoms with van der Waals surface area (Å²) in [4.78, 5) is 15.5. The molecule has 1 aromatic carbocycles. The van der Waals surface area contributed by atoms with Gasteiger partial charge in [-0.25, -0.2) is 4.39 Å². The number of anilines is 1. The number of hydrogen-bond donors (Lipinski definition) is 1. The Kier molecular flexibility index (Phi) is 5.17. The molecule has 0 spiro atoms. The van der Waals surface area contributed by atoms with E-state index >= 15 is 0 Å². The molecule has 5 heteroatoms. The predicted molar refractivity (Wildman–Crippen MR) is 82.9 cm³/mol. The molecule has 1 amide bonds. The third kappa shape index (κ3) is 4.43. The monoisotopic (exact) mass is 293 g/mol. The van der Waals surface area contributed by atoms with Crippen molar-refractivity contribution < 1.29 is 9.18 Å². The fraction of sp³-hybridized carbons (Fsp3) is 0.562. The average molecular weight is 293 g/mol. The number of carbonyl (C=O) groups excluding carboxylic acids is 1. The van der Waals surface area contributed by atoms with Gasteiger partial charge in [0, 0.05) is 33.2 Å². The number of rotatable bonds is 4. The molecule has 0 bridgehead atoms. The second-order valence-corrected chi connectivity index (χ2v) is 5.97. The van der Waals surface area contributed by atoms with Crippen molar-refractivity contribution in [2.75, 3.05) is 39.0 Å². The van der Waals surface area contributed by atoms with E-state index in [9.17, 15) is 9.18 Å². The smallest absolute Gasteiger partial charge is 0.236 e. The Morgan fingerprint density at radius 3 is 2.62 bits per heavy atom. The highest BCUT2D eigenvalue weighted by Gasteiger charge is 2.21. The van der Waals surface area contributed by atoms with Crippen LogP contribution < -0.4 is 5.32 Å². The number of carbonyl (C=O) groups is 1. The van der Waals surface area contributed by atoms with Gasteiger partial charge in [-0.1, -0.05) is 6.07 Å². The number of hydrogen-bond acceptors (Lipinski definition) is 3. The van der Waals surface area contributed by atoms with Crippen LogP contribution in [0, 0.1) is 12.7 Å². The molecule has 21 heavy (non-hydrogen) atoms. The van der Waals surface area contributed by atoms with E-state index in [1.165, 1.54) is 0 Å². The highest BCUT2D eigenvalue weighted by molar-refractivity contribution is 5.77. The van der Waals surface area contributed by atoms with Gasteiger partial charge in [-0.2, -0.15) is 0 Å². The van der Waals surface area contributed by atoms with Crippen LogP contribution in [0.15, 0.2) is 18.2 Å². The lowest BCUT2D eigenvalue weighted by molar-refractivity contribution is -0.130. The Morgan fingerprint density at radius 2 is 2.05 bits per heavy atom. The Balaban J connectivity index is 1.83. The van der Waals surface area contributed by atoms with Crippen LogP contribution in [0.5, 0.6) is 0 Å². The number of likely N-dealkylation sites (N-methyl/N-ethyl adjacent to an activating group) is 1. The fourth-order valence-electron chi connectivity index (χ4n) is 2.53. The van der Waals surface area contributed by atoms with Gasteiger partial charge in [0.05, 0.1) is 12.2 Å². The number of piperidine rings is 1. The van der Waals surface area contributed by atoms with Crippen molar-refractivity contribution in [3.05, 3.63) is 29.6 Å². The predicted octanol–water partition coefficient (Wildman–Crippen LogP) is 2.10. The summed E-state index contributed by atoms with van der Waals surface area (Å²) in [5.41, 5.74) is 1.50. The Hall–Kier alpha value is -1.62. The molecule has 1 saturated heterocycles. The molecule has 1 aliphatic rings. The molecule has 1 heterocycles. The summed E-state index contributed by atoms with van der Waals surface area (Å²) in [6, 6.07) is 5.53. The first-order valence-electron chi connectivity index (χ1n) is 7.41. The van der Waals surface area contributed by atoms with Crippen LogP contribution in [0.3, 0.4) is 0 Å². The molecule has 0 radical (unpaired) electrons. The van der Waals surface area contributed by atoms with E-state index in [-0.39, 0.29) is 17.8 Å². The summed E-state index contributed by atoms with van der Waals surface area (Å²) in [7, 11) is 3.55. The molecular formula is C16H24FN3O. The van der Waals surface area contributed by atoms with Gasteiger partial charge in [0.15, 0.2) is 0 Å². The van der Waals surface area contributed by atoms with Crippen molar-refractivity contribution in [2.24, 2.45) is 0 Å². The first-order chi connectivity index (χ1) is 9.95. The minimum absolute atomic E-state index is 0.131. The average Bonchev–Trinajstić information content (AvgIpc) is 2.43. The molecule has 1 fully saturated rings. The molecular weight excluding hydrogens is 269 g/mol. The van der Waals surface area contributed by atoms with E-state index in [2.05, 4.69) is 10.2 Å². The lowest BCUT2D eigenvalue weighted by Gasteiger charge is -2.33. The third-order valence-corrected chi connectivity index (χ3v) is 3.93. The molecule has 0 atom stereocenters.